The monoisotopic (exact) mass is 450 g/mol. The number of sulfonamides is 1. The molecule has 0 aliphatic heterocycles. The number of hydrogen-bond acceptors (Lipinski definition) is 5. The zero-order valence-corrected chi connectivity index (χ0v) is 19.8. The average molecular weight is 451 g/mol. The summed E-state index contributed by atoms with van der Waals surface area (Å²) >= 11 is 0. The van der Waals surface area contributed by atoms with E-state index in [0.717, 1.165) is 33.6 Å². The quantitative estimate of drug-likeness (QED) is 0.474. The van der Waals surface area contributed by atoms with Crippen LogP contribution in [0.4, 0.5) is 5.69 Å². The van der Waals surface area contributed by atoms with Crippen molar-refractivity contribution in [1.29, 1.82) is 0 Å². The minimum absolute atomic E-state index is 0.0561. The molecule has 0 saturated carbocycles. The Morgan fingerprint density at radius 2 is 1.66 bits per heavy atom. The summed E-state index contributed by atoms with van der Waals surface area (Å²) in [6.07, 6.45) is 1.70. The van der Waals surface area contributed by atoms with Crippen LogP contribution in [0.1, 0.15) is 28.1 Å². The van der Waals surface area contributed by atoms with E-state index in [0.29, 0.717) is 16.9 Å². The van der Waals surface area contributed by atoms with E-state index in [4.69, 9.17) is 4.74 Å². The van der Waals surface area contributed by atoms with Crippen LogP contribution in [0.2, 0.25) is 0 Å². The fraction of sp³-hybridized carbons (Fsp3) is 0.250. The lowest BCUT2D eigenvalue weighted by atomic mass is 10.1. The number of benzene rings is 2. The van der Waals surface area contributed by atoms with Gasteiger partial charge < -0.3 is 4.74 Å². The first kappa shape index (κ1) is 21.8. The largest absolute Gasteiger partial charge is 0.495 e. The van der Waals surface area contributed by atoms with E-state index in [1.165, 1.54) is 7.11 Å². The Morgan fingerprint density at radius 3 is 2.31 bits per heavy atom. The second-order valence-electron chi connectivity index (χ2n) is 8.08. The molecule has 0 amide bonds. The van der Waals surface area contributed by atoms with Crippen LogP contribution >= 0.6 is 0 Å². The van der Waals surface area contributed by atoms with Crippen LogP contribution in [0, 0.1) is 34.6 Å². The Kier molecular flexibility index (Phi) is 5.42. The molecule has 0 aliphatic rings. The number of nitrogens with one attached hydrogen (secondary N) is 1. The summed E-state index contributed by atoms with van der Waals surface area (Å²) in [5.41, 5.74) is 7.31. The van der Waals surface area contributed by atoms with Crippen molar-refractivity contribution >= 4 is 21.4 Å². The van der Waals surface area contributed by atoms with Gasteiger partial charge in [-0.05, 0) is 69.5 Å². The van der Waals surface area contributed by atoms with Crippen LogP contribution in [0.15, 0.2) is 47.5 Å². The maximum absolute atomic E-state index is 13.4. The van der Waals surface area contributed by atoms with E-state index in [-0.39, 0.29) is 10.6 Å². The molecule has 2 aromatic heterocycles. The summed E-state index contributed by atoms with van der Waals surface area (Å²) in [5.74, 6) is 0.264. The first-order valence-corrected chi connectivity index (χ1v) is 11.7. The number of ether oxygens (including phenoxy) is 1. The molecule has 1 N–H and O–H groups in total. The second kappa shape index (κ2) is 7.94. The summed E-state index contributed by atoms with van der Waals surface area (Å²) in [7, 11) is -2.46. The van der Waals surface area contributed by atoms with Crippen LogP contribution in [0.5, 0.6) is 5.75 Å². The van der Waals surface area contributed by atoms with Crippen molar-refractivity contribution in [3.05, 3.63) is 70.7 Å². The number of aromatic nitrogens is 3. The standard InChI is InChI=1S/C24H26N4O3S/c1-14-9-15(2)23(16(3)10-14)27-32(29,30)22-12-19(7-8-21(22)31-6)20-13-25-28-18(5)11-17(4)26-24(20)28/h7-13,27H,1-6H3. The number of rotatable bonds is 5. The van der Waals surface area contributed by atoms with Crippen LogP contribution in [0.25, 0.3) is 16.8 Å². The van der Waals surface area contributed by atoms with E-state index < -0.39 is 10.0 Å². The van der Waals surface area contributed by atoms with Crippen molar-refractivity contribution in [1.82, 2.24) is 14.6 Å². The van der Waals surface area contributed by atoms with Gasteiger partial charge in [0.15, 0.2) is 5.65 Å². The fourth-order valence-electron chi connectivity index (χ4n) is 4.06. The van der Waals surface area contributed by atoms with Crippen molar-refractivity contribution < 1.29 is 13.2 Å². The van der Waals surface area contributed by atoms with Crippen LogP contribution in [-0.2, 0) is 10.0 Å². The van der Waals surface area contributed by atoms with Gasteiger partial charge in [-0.15, -0.1) is 0 Å². The number of methoxy groups -OCH3 is 1. The predicted octanol–water partition coefficient (Wildman–Crippen LogP) is 4.75. The zero-order valence-electron chi connectivity index (χ0n) is 19.0. The van der Waals surface area contributed by atoms with Crippen molar-refractivity contribution in [3.63, 3.8) is 0 Å². The fourth-order valence-corrected chi connectivity index (χ4v) is 5.46. The van der Waals surface area contributed by atoms with Crippen LogP contribution in [-0.4, -0.2) is 30.1 Å². The van der Waals surface area contributed by atoms with Crippen molar-refractivity contribution in [3.8, 4) is 16.9 Å². The highest BCUT2D eigenvalue weighted by Gasteiger charge is 2.23. The molecule has 8 heteroatoms. The molecule has 166 valence electrons. The molecule has 4 aromatic rings. The Labute approximate surface area is 188 Å². The van der Waals surface area contributed by atoms with Gasteiger partial charge in [-0.25, -0.2) is 17.9 Å². The minimum Gasteiger partial charge on any atom is -0.495 e. The summed E-state index contributed by atoms with van der Waals surface area (Å²) in [4.78, 5) is 4.67. The van der Waals surface area contributed by atoms with Gasteiger partial charge in [0.25, 0.3) is 10.0 Å². The molecule has 0 fully saturated rings. The van der Waals surface area contributed by atoms with Gasteiger partial charge in [0, 0.05) is 17.0 Å². The maximum Gasteiger partial charge on any atom is 0.265 e. The summed E-state index contributed by atoms with van der Waals surface area (Å²) in [6, 6.07) is 10.9. The van der Waals surface area contributed by atoms with Crippen LogP contribution < -0.4 is 9.46 Å². The molecular weight excluding hydrogens is 424 g/mol. The molecule has 0 aliphatic carbocycles. The Morgan fingerprint density at radius 1 is 0.969 bits per heavy atom. The molecular formula is C24H26N4O3S. The first-order valence-electron chi connectivity index (χ1n) is 10.2. The van der Waals surface area contributed by atoms with Gasteiger partial charge in [-0.1, -0.05) is 23.8 Å². The summed E-state index contributed by atoms with van der Waals surface area (Å²) < 4.78 is 36.8. The molecule has 2 heterocycles. The topological polar surface area (TPSA) is 85.6 Å². The van der Waals surface area contributed by atoms with E-state index in [9.17, 15) is 8.42 Å². The molecule has 0 spiro atoms. The lowest BCUT2D eigenvalue weighted by Crippen LogP contribution is -2.16. The van der Waals surface area contributed by atoms with Crippen molar-refractivity contribution in [2.45, 2.75) is 39.5 Å². The van der Waals surface area contributed by atoms with E-state index >= 15 is 0 Å². The molecule has 0 unspecified atom stereocenters. The smallest absolute Gasteiger partial charge is 0.265 e. The minimum atomic E-state index is -3.92. The third-order valence-electron chi connectivity index (χ3n) is 5.46. The lowest BCUT2D eigenvalue weighted by molar-refractivity contribution is 0.403. The predicted molar refractivity (Wildman–Crippen MR) is 126 cm³/mol. The molecule has 2 aromatic carbocycles. The highest BCUT2D eigenvalue weighted by Crippen LogP contribution is 2.34. The van der Waals surface area contributed by atoms with Gasteiger partial charge in [0.2, 0.25) is 0 Å². The number of aryl methyl sites for hydroxylation is 5. The van der Waals surface area contributed by atoms with Crippen molar-refractivity contribution in [2.75, 3.05) is 11.8 Å². The maximum atomic E-state index is 13.4. The Balaban J connectivity index is 1.85. The van der Waals surface area contributed by atoms with Gasteiger partial charge in [-0.2, -0.15) is 5.10 Å². The normalized spacial score (nSPS) is 11.7. The van der Waals surface area contributed by atoms with Gasteiger partial charge in [0.1, 0.15) is 10.6 Å². The van der Waals surface area contributed by atoms with Gasteiger partial charge in [-0.3, -0.25) is 4.72 Å². The average Bonchev–Trinajstić information content (AvgIpc) is 3.14. The highest BCUT2D eigenvalue weighted by molar-refractivity contribution is 7.92. The molecule has 0 radical (unpaired) electrons. The molecule has 7 nitrogen and oxygen atoms in total. The summed E-state index contributed by atoms with van der Waals surface area (Å²) in [5, 5.41) is 4.43. The van der Waals surface area contributed by atoms with Crippen molar-refractivity contribution in [2.24, 2.45) is 0 Å². The van der Waals surface area contributed by atoms with Crippen LogP contribution in [0.3, 0.4) is 0 Å². The zero-order chi connectivity index (χ0) is 23.2. The molecule has 0 bridgehead atoms. The first-order chi connectivity index (χ1) is 15.1. The number of hydrogen-bond donors (Lipinski definition) is 1. The number of nitrogens with zero attached hydrogens (tertiary/aromatic N) is 3. The van der Waals surface area contributed by atoms with Gasteiger partial charge in [0.05, 0.1) is 19.0 Å². The second-order valence-corrected chi connectivity index (χ2v) is 9.73. The molecule has 4 rings (SSSR count). The molecule has 0 saturated heterocycles. The highest BCUT2D eigenvalue weighted by atomic mass is 32.2. The van der Waals surface area contributed by atoms with Gasteiger partial charge >= 0.3 is 0 Å². The summed E-state index contributed by atoms with van der Waals surface area (Å²) in [6.45, 7) is 9.64. The lowest BCUT2D eigenvalue weighted by Gasteiger charge is -2.16. The SMILES string of the molecule is COc1ccc(-c2cnn3c(C)cc(C)nc23)cc1S(=O)(=O)Nc1c(C)cc(C)cc1C. The van der Waals surface area contributed by atoms with E-state index in [2.05, 4.69) is 14.8 Å². The molecule has 32 heavy (non-hydrogen) atoms. The van der Waals surface area contributed by atoms with E-state index in [1.54, 1.807) is 22.8 Å². The number of anilines is 1. The Bertz CT molecular complexity index is 1430. The third-order valence-corrected chi connectivity index (χ3v) is 6.83. The number of fused-ring (bicyclic) bond motifs is 1. The van der Waals surface area contributed by atoms with E-state index in [1.807, 2.05) is 58.9 Å². The molecule has 0 atom stereocenters. The Hall–Kier alpha value is -3.39. The third kappa shape index (κ3) is 3.82.